The van der Waals surface area contributed by atoms with Gasteiger partial charge in [-0.1, -0.05) is 0 Å². The van der Waals surface area contributed by atoms with E-state index in [4.69, 9.17) is 0 Å². The number of carbonyl (C=O) groups excluding carboxylic acids is 1. The van der Waals surface area contributed by atoms with Gasteiger partial charge in [-0.15, -0.1) is 11.3 Å². The summed E-state index contributed by atoms with van der Waals surface area (Å²) in [6.45, 7) is 2.98. The molecule has 0 spiro atoms. The van der Waals surface area contributed by atoms with Crippen molar-refractivity contribution in [1.82, 2.24) is 14.7 Å². The maximum Gasteiger partial charge on any atom is 0.356 e. The van der Waals surface area contributed by atoms with Crippen LogP contribution in [0.5, 0.6) is 0 Å². The van der Waals surface area contributed by atoms with Crippen LogP contribution >= 0.6 is 11.3 Å². The van der Waals surface area contributed by atoms with Crippen molar-refractivity contribution in [2.24, 2.45) is 5.41 Å². The first-order chi connectivity index (χ1) is 9.96. The van der Waals surface area contributed by atoms with E-state index >= 15 is 0 Å². The van der Waals surface area contributed by atoms with Gasteiger partial charge in [0.1, 0.15) is 0 Å². The maximum absolute atomic E-state index is 12.0. The first kappa shape index (κ1) is 13.9. The minimum atomic E-state index is -1.01. The van der Waals surface area contributed by atoms with Crippen LogP contribution in [-0.4, -0.2) is 46.5 Å². The summed E-state index contributed by atoms with van der Waals surface area (Å²) < 4.78 is 1.58. The number of rotatable bonds is 3. The van der Waals surface area contributed by atoms with Gasteiger partial charge in [-0.05, 0) is 13.3 Å². The number of hydrogen-bond donors (Lipinski definition) is 2. The molecule has 2 aromatic heterocycles. The highest BCUT2D eigenvalue weighted by atomic mass is 32.1. The molecule has 1 amide bonds. The Labute approximate surface area is 125 Å². The molecule has 1 aliphatic heterocycles. The van der Waals surface area contributed by atoms with Crippen molar-refractivity contribution in [3.8, 4) is 0 Å². The number of thiazole rings is 1. The molecule has 0 bridgehead atoms. The smallest absolute Gasteiger partial charge is 0.356 e. The summed E-state index contributed by atoms with van der Waals surface area (Å²) in [7, 11) is 1.62. The summed E-state index contributed by atoms with van der Waals surface area (Å²) in [4.78, 5) is 30.5. The summed E-state index contributed by atoms with van der Waals surface area (Å²) in [6, 6.07) is 0. The Morgan fingerprint density at radius 1 is 1.52 bits per heavy atom. The molecule has 7 nitrogen and oxygen atoms in total. The van der Waals surface area contributed by atoms with Crippen molar-refractivity contribution < 1.29 is 14.7 Å². The van der Waals surface area contributed by atoms with Gasteiger partial charge in [-0.25, -0.2) is 9.78 Å². The van der Waals surface area contributed by atoms with E-state index in [9.17, 15) is 14.7 Å². The maximum atomic E-state index is 12.0. The van der Waals surface area contributed by atoms with E-state index in [0.717, 1.165) is 0 Å². The quantitative estimate of drug-likeness (QED) is 0.885. The van der Waals surface area contributed by atoms with Crippen molar-refractivity contribution in [2.75, 3.05) is 25.0 Å². The normalized spacial score (nSPS) is 21.9. The van der Waals surface area contributed by atoms with Gasteiger partial charge in [0.2, 0.25) is 5.91 Å². The summed E-state index contributed by atoms with van der Waals surface area (Å²) in [5.41, 5.74) is -0.353. The van der Waals surface area contributed by atoms with Gasteiger partial charge >= 0.3 is 5.97 Å². The van der Waals surface area contributed by atoms with Crippen LogP contribution in [0.4, 0.5) is 5.82 Å². The molecule has 21 heavy (non-hydrogen) atoms. The first-order valence-electron chi connectivity index (χ1n) is 6.62. The van der Waals surface area contributed by atoms with Gasteiger partial charge < -0.3 is 15.3 Å². The van der Waals surface area contributed by atoms with Crippen LogP contribution in [-0.2, 0) is 4.79 Å². The number of anilines is 1. The molecule has 1 atom stereocenters. The molecular weight excluding hydrogens is 292 g/mol. The highest BCUT2D eigenvalue weighted by molar-refractivity contribution is 7.15. The number of fused-ring (bicyclic) bond motifs is 1. The minimum absolute atomic E-state index is 0.0251. The van der Waals surface area contributed by atoms with Crippen LogP contribution in [0, 0.1) is 5.41 Å². The first-order valence-corrected chi connectivity index (χ1v) is 7.50. The summed E-state index contributed by atoms with van der Waals surface area (Å²) in [5.74, 6) is -0.589. The molecule has 1 fully saturated rings. The lowest BCUT2D eigenvalue weighted by Crippen LogP contribution is -2.39. The van der Waals surface area contributed by atoms with E-state index in [1.807, 2.05) is 11.8 Å². The average molecular weight is 308 g/mol. The second kappa shape index (κ2) is 4.73. The topological polar surface area (TPSA) is 86.9 Å². The summed E-state index contributed by atoms with van der Waals surface area (Å²) in [6.07, 6.45) is 2.38. The molecule has 0 aromatic carbocycles. The molecule has 112 valence electrons. The molecule has 2 N–H and O–H groups in total. The molecule has 2 aromatic rings. The fraction of sp³-hybridized carbons (Fsp3) is 0.462. The Morgan fingerprint density at radius 3 is 2.95 bits per heavy atom. The van der Waals surface area contributed by atoms with Crippen LogP contribution in [0.25, 0.3) is 4.96 Å². The van der Waals surface area contributed by atoms with Gasteiger partial charge in [-0.3, -0.25) is 9.20 Å². The molecule has 0 radical (unpaired) electrons. The molecule has 3 rings (SSSR count). The lowest BCUT2D eigenvalue weighted by molar-refractivity contribution is -0.128. The van der Waals surface area contributed by atoms with Gasteiger partial charge in [0.25, 0.3) is 0 Å². The number of aromatic nitrogens is 2. The molecule has 0 aliphatic carbocycles. The fourth-order valence-electron chi connectivity index (χ4n) is 2.82. The van der Waals surface area contributed by atoms with E-state index in [0.29, 0.717) is 30.3 Å². The molecule has 8 heteroatoms. The van der Waals surface area contributed by atoms with E-state index in [2.05, 4.69) is 10.3 Å². The molecule has 1 unspecified atom stereocenters. The number of carbonyl (C=O) groups is 2. The monoisotopic (exact) mass is 308 g/mol. The van der Waals surface area contributed by atoms with Crippen molar-refractivity contribution in [1.29, 1.82) is 0 Å². The lowest BCUT2D eigenvalue weighted by atomic mass is 9.89. The average Bonchev–Trinajstić information content (AvgIpc) is 3.10. The predicted molar refractivity (Wildman–Crippen MR) is 79.0 cm³/mol. The lowest BCUT2D eigenvalue weighted by Gasteiger charge is -2.22. The molecular formula is C13H16N4O3S. The number of imidazole rings is 1. The zero-order valence-corrected chi connectivity index (χ0v) is 12.6. The van der Waals surface area contributed by atoms with Gasteiger partial charge in [-0.2, -0.15) is 0 Å². The zero-order valence-electron chi connectivity index (χ0n) is 11.8. The molecule has 3 heterocycles. The van der Waals surface area contributed by atoms with E-state index < -0.39 is 11.4 Å². The highest BCUT2D eigenvalue weighted by Crippen LogP contribution is 2.35. The Balaban J connectivity index is 1.99. The van der Waals surface area contributed by atoms with Crippen molar-refractivity contribution in [2.45, 2.75) is 13.3 Å². The van der Waals surface area contributed by atoms with E-state index in [1.165, 1.54) is 11.3 Å². The largest absolute Gasteiger partial charge is 0.476 e. The summed E-state index contributed by atoms with van der Waals surface area (Å²) in [5, 5.41) is 13.9. The highest BCUT2D eigenvalue weighted by Gasteiger charge is 2.41. The predicted octanol–water partition coefficient (Wildman–Crippen LogP) is 1.06. The third kappa shape index (κ3) is 2.06. The van der Waals surface area contributed by atoms with Crippen LogP contribution < -0.4 is 10.2 Å². The second-order valence-corrected chi connectivity index (χ2v) is 6.33. The van der Waals surface area contributed by atoms with Gasteiger partial charge in [0, 0.05) is 31.7 Å². The second-order valence-electron chi connectivity index (χ2n) is 5.46. The molecule has 1 saturated heterocycles. The van der Waals surface area contributed by atoms with E-state index in [-0.39, 0.29) is 11.6 Å². The Morgan fingerprint density at radius 2 is 2.29 bits per heavy atom. The Hall–Kier alpha value is -2.09. The number of aromatic carboxylic acids is 1. The van der Waals surface area contributed by atoms with Crippen LogP contribution in [0.2, 0.25) is 0 Å². The van der Waals surface area contributed by atoms with E-state index in [1.54, 1.807) is 23.0 Å². The third-order valence-corrected chi connectivity index (χ3v) is 4.75. The van der Waals surface area contributed by atoms with Crippen molar-refractivity contribution in [3.05, 3.63) is 17.3 Å². The van der Waals surface area contributed by atoms with Gasteiger partial charge in [0.05, 0.1) is 5.41 Å². The SMILES string of the molecule is CNC(=O)C1(C)CCN(c2nc3sccn3c2C(=O)O)C1. The third-order valence-electron chi connectivity index (χ3n) is 3.99. The van der Waals surface area contributed by atoms with Crippen molar-refractivity contribution >= 4 is 34.0 Å². The van der Waals surface area contributed by atoms with Gasteiger partial charge in [0.15, 0.2) is 16.5 Å². The zero-order chi connectivity index (χ0) is 15.2. The number of carboxylic acids is 1. The Bertz CT molecular complexity index is 722. The van der Waals surface area contributed by atoms with Crippen LogP contribution in [0.15, 0.2) is 11.6 Å². The Kier molecular flexibility index (Phi) is 3.12. The fourth-order valence-corrected chi connectivity index (χ4v) is 3.53. The standard InChI is InChI=1S/C13H16N4O3S/c1-13(11(20)14-2)3-4-16(7-13)9-8(10(18)19)17-5-6-21-12(17)15-9/h5-6H,3-4,7H2,1-2H3,(H,14,20)(H,18,19). The van der Waals surface area contributed by atoms with Crippen LogP contribution in [0.1, 0.15) is 23.8 Å². The molecule has 0 saturated carbocycles. The number of nitrogens with zero attached hydrogens (tertiary/aromatic N) is 3. The number of carboxylic acid groups (broad SMARTS) is 1. The number of hydrogen-bond acceptors (Lipinski definition) is 5. The number of amides is 1. The summed E-state index contributed by atoms with van der Waals surface area (Å²) >= 11 is 1.39. The van der Waals surface area contributed by atoms with Crippen LogP contribution in [0.3, 0.4) is 0 Å². The molecule has 1 aliphatic rings. The number of nitrogens with one attached hydrogen (secondary N) is 1. The van der Waals surface area contributed by atoms with Crippen molar-refractivity contribution in [3.63, 3.8) is 0 Å². The minimum Gasteiger partial charge on any atom is -0.476 e.